The van der Waals surface area contributed by atoms with E-state index in [1.54, 1.807) is 18.2 Å². The maximum Gasteiger partial charge on any atom is 0.501 e. The number of benzene rings is 1. The van der Waals surface area contributed by atoms with Gasteiger partial charge in [-0.1, -0.05) is 30.3 Å². The first kappa shape index (κ1) is 13.2. The fourth-order valence-electron chi connectivity index (χ4n) is 0.868. The molecule has 88 valence electrons. The number of hydrogen-bond donors (Lipinski definition) is 0. The van der Waals surface area contributed by atoms with E-state index in [0.29, 0.717) is 5.56 Å². The Morgan fingerprint density at radius 2 is 1.69 bits per heavy atom. The zero-order chi connectivity index (χ0) is 12.4. The summed E-state index contributed by atoms with van der Waals surface area (Å²) in [6.45, 7) is 0. The maximum atomic E-state index is 12.1. The van der Waals surface area contributed by atoms with Crippen molar-refractivity contribution in [1.82, 2.24) is 0 Å². The van der Waals surface area contributed by atoms with Crippen LogP contribution in [0.15, 0.2) is 35.7 Å². The van der Waals surface area contributed by atoms with Gasteiger partial charge in [-0.15, -0.1) is 0 Å². The highest BCUT2D eigenvalue weighted by atomic mass is 79.9. The Morgan fingerprint density at radius 3 is 2.12 bits per heavy atom. The maximum absolute atomic E-state index is 12.1. The van der Waals surface area contributed by atoms with Crippen LogP contribution in [0, 0.1) is 0 Å². The van der Waals surface area contributed by atoms with Gasteiger partial charge in [-0.25, -0.2) is 8.42 Å². The summed E-state index contributed by atoms with van der Waals surface area (Å²) in [4.78, 5) is 0. The van der Waals surface area contributed by atoms with E-state index in [0.717, 1.165) is 0 Å². The van der Waals surface area contributed by atoms with Crippen molar-refractivity contribution in [3.63, 3.8) is 0 Å². The van der Waals surface area contributed by atoms with Crippen molar-refractivity contribution in [1.29, 1.82) is 0 Å². The standard InChI is InChI=1S/C9H6BrF3O2S/c10-8(7-4-2-1-3-5-7)6-16(14,15)9(11,12)13/h1-6H/b8-6-. The molecule has 0 aliphatic heterocycles. The summed E-state index contributed by atoms with van der Waals surface area (Å²) in [5.41, 5.74) is -4.92. The smallest absolute Gasteiger partial charge is 0.215 e. The van der Waals surface area contributed by atoms with E-state index in [4.69, 9.17) is 0 Å². The van der Waals surface area contributed by atoms with Gasteiger partial charge in [-0.05, 0) is 21.5 Å². The van der Waals surface area contributed by atoms with Crippen LogP contribution in [0.25, 0.3) is 4.48 Å². The zero-order valence-electron chi connectivity index (χ0n) is 7.70. The summed E-state index contributed by atoms with van der Waals surface area (Å²) in [7, 11) is -5.25. The van der Waals surface area contributed by atoms with E-state index in [2.05, 4.69) is 15.9 Å². The van der Waals surface area contributed by atoms with Gasteiger partial charge in [0.25, 0.3) is 9.84 Å². The predicted molar refractivity (Wildman–Crippen MR) is 58.3 cm³/mol. The highest BCUT2D eigenvalue weighted by Gasteiger charge is 2.44. The van der Waals surface area contributed by atoms with Crippen LogP contribution in [-0.2, 0) is 9.84 Å². The molecule has 1 rings (SSSR count). The highest BCUT2D eigenvalue weighted by molar-refractivity contribution is 9.15. The summed E-state index contributed by atoms with van der Waals surface area (Å²) < 4.78 is 57.6. The van der Waals surface area contributed by atoms with Crippen molar-refractivity contribution in [3.8, 4) is 0 Å². The lowest BCUT2D eigenvalue weighted by Gasteiger charge is -2.04. The fraction of sp³-hybridized carbons (Fsp3) is 0.111. The number of hydrogen-bond acceptors (Lipinski definition) is 2. The SMILES string of the molecule is O=S(=O)(/C=C(\Br)c1ccccc1)C(F)(F)F. The summed E-state index contributed by atoms with van der Waals surface area (Å²) >= 11 is 2.80. The van der Waals surface area contributed by atoms with Gasteiger partial charge in [-0.3, -0.25) is 0 Å². The van der Waals surface area contributed by atoms with Gasteiger partial charge in [0.2, 0.25) is 0 Å². The third-order valence-electron chi connectivity index (χ3n) is 1.63. The Morgan fingerprint density at radius 1 is 1.19 bits per heavy atom. The van der Waals surface area contributed by atoms with Crippen molar-refractivity contribution >= 4 is 30.2 Å². The normalized spacial score (nSPS) is 13.9. The molecule has 0 aliphatic rings. The molecule has 0 aliphatic carbocycles. The molecule has 0 atom stereocenters. The molecule has 0 aromatic heterocycles. The van der Waals surface area contributed by atoms with Crippen LogP contribution < -0.4 is 0 Å². The van der Waals surface area contributed by atoms with Crippen molar-refractivity contribution in [2.24, 2.45) is 0 Å². The lowest BCUT2D eigenvalue weighted by Crippen LogP contribution is -2.20. The number of rotatable bonds is 2. The molecule has 0 radical (unpaired) electrons. The van der Waals surface area contributed by atoms with Crippen LogP contribution in [0.4, 0.5) is 13.2 Å². The van der Waals surface area contributed by atoms with Crippen LogP contribution in [-0.4, -0.2) is 13.9 Å². The first-order chi connectivity index (χ1) is 7.24. The Hall–Kier alpha value is -0.820. The highest BCUT2D eigenvalue weighted by Crippen LogP contribution is 2.30. The number of halogens is 4. The second kappa shape index (κ2) is 4.58. The average molecular weight is 315 g/mol. The van der Waals surface area contributed by atoms with Gasteiger partial charge in [0.1, 0.15) is 0 Å². The quantitative estimate of drug-likeness (QED) is 0.839. The van der Waals surface area contributed by atoms with Gasteiger partial charge in [0.05, 0.1) is 5.41 Å². The molecule has 0 saturated carbocycles. The molecule has 0 amide bonds. The third kappa shape index (κ3) is 3.08. The van der Waals surface area contributed by atoms with Crippen molar-refractivity contribution in [2.75, 3.05) is 0 Å². The average Bonchev–Trinajstić information content (AvgIpc) is 2.16. The molecule has 0 fully saturated rings. The molecule has 0 saturated heterocycles. The molecule has 0 N–H and O–H groups in total. The first-order valence-electron chi connectivity index (χ1n) is 3.98. The Bertz CT molecular complexity index is 491. The predicted octanol–water partition coefficient (Wildman–Crippen LogP) is 3.31. The topological polar surface area (TPSA) is 34.1 Å². The van der Waals surface area contributed by atoms with Crippen LogP contribution in [0.3, 0.4) is 0 Å². The monoisotopic (exact) mass is 314 g/mol. The van der Waals surface area contributed by atoms with Crippen molar-refractivity contribution < 1.29 is 21.6 Å². The molecule has 1 aromatic rings. The first-order valence-corrected chi connectivity index (χ1v) is 6.32. The summed E-state index contributed by atoms with van der Waals surface area (Å²) in [5.74, 6) is 0. The Labute approximate surface area is 98.8 Å². The van der Waals surface area contributed by atoms with Gasteiger partial charge in [-0.2, -0.15) is 13.2 Å². The zero-order valence-corrected chi connectivity index (χ0v) is 10.1. The lowest BCUT2D eigenvalue weighted by atomic mass is 10.2. The molecule has 0 heterocycles. The summed E-state index contributed by atoms with van der Waals surface area (Å²) in [5, 5.41) is 0.155. The molecule has 0 spiro atoms. The summed E-state index contributed by atoms with van der Waals surface area (Å²) in [6.07, 6.45) is 0. The molecule has 1 aromatic carbocycles. The van der Waals surface area contributed by atoms with E-state index < -0.39 is 15.3 Å². The molecule has 0 bridgehead atoms. The second-order valence-corrected chi connectivity index (χ2v) is 5.47. The second-order valence-electron chi connectivity index (χ2n) is 2.82. The van der Waals surface area contributed by atoms with E-state index in [-0.39, 0.29) is 9.89 Å². The molecular formula is C9H6BrF3O2S. The molecule has 2 nitrogen and oxygen atoms in total. The van der Waals surface area contributed by atoms with Gasteiger partial charge < -0.3 is 0 Å². The minimum atomic E-state index is -5.28. The van der Waals surface area contributed by atoms with Gasteiger partial charge in [0, 0.05) is 4.48 Å². The largest absolute Gasteiger partial charge is 0.501 e. The number of alkyl halides is 3. The van der Waals surface area contributed by atoms with Gasteiger partial charge in [0.15, 0.2) is 0 Å². The molecular weight excluding hydrogens is 309 g/mol. The van der Waals surface area contributed by atoms with Crippen LogP contribution >= 0.6 is 15.9 Å². The lowest BCUT2D eigenvalue weighted by molar-refractivity contribution is -0.0423. The van der Waals surface area contributed by atoms with Crippen LogP contribution in [0.1, 0.15) is 5.56 Å². The van der Waals surface area contributed by atoms with E-state index in [1.807, 2.05) is 0 Å². The summed E-state index contributed by atoms with van der Waals surface area (Å²) in [6, 6.07) is 7.83. The van der Waals surface area contributed by atoms with Crippen molar-refractivity contribution in [3.05, 3.63) is 41.3 Å². The van der Waals surface area contributed by atoms with Crippen LogP contribution in [0.5, 0.6) is 0 Å². The number of sulfone groups is 1. The molecule has 16 heavy (non-hydrogen) atoms. The molecule has 0 unspecified atom stereocenters. The van der Waals surface area contributed by atoms with Gasteiger partial charge >= 0.3 is 5.51 Å². The van der Waals surface area contributed by atoms with E-state index >= 15 is 0 Å². The minimum absolute atomic E-state index is 0.134. The van der Waals surface area contributed by atoms with Crippen molar-refractivity contribution in [2.45, 2.75) is 5.51 Å². The van der Waals surface area contributed by atoms with E-state index in [1.165, 1.54) is 12.1 Å². The van der Waals surface area contributed by atoms with E-state index in [9.17, 15) is 21.6 Å². The third-order valence-corrected chi connectivity index (χ3v) is 3.81. The fourth-order valence-corrected chi connectivity index (χ4v) is 2.41. The Balaban J connectivity index is 3.13. The minimum Gasteiger partial charge on any atom is -0.215 e. The molecule has 7 heteroatoms. The Kier molecular flexibility index (Phi) is 3.80. The van der Waals surface area contributed by atoms with Crippen LogP contribution in [0.2, 0.25) is 0 Å².